The van der Waals surface area contributed by atoms with Crippen LogP contribution in [-0.4, -0.2) is 31.6 Å². The van der Waals surface area contributed by atoms with E-state index in [2.05, 4.69) is 17.1 Å². The highest BCUT2D eigenvalue weighted by atomic mass is 35.5. The summed E-state index contributed by atoms with van der Waals surface area (Å²) in [5.41, 5.74) is 1.10. The van der Waals surface area contributed by atoms with Gasteiger partial charge in [-0.3, -0.25) is 4.90 Å². The Kier molecular flexibility index (Phi) is 5.20. The molecule has 2 nitrogen and oxygen atoms in total. The van der Waals surface area contributed by atoms with Crippen molar-refractivity contribution in [2.45, 2.75) is 25.8 Å². The highest BCUT2D eigenvalue weighted by Crippen LogP contribution is 2.28. The molecule has 1 saturated heterocycles. The van der Waals surface area contributed by atoms with Gasteiger partial charge in [-0.2, -0.15) is 0 Å². The third kappa shape index (κ3) is 3.68. The fourth-order valence-electron chi connectivity index (χ4n) is 2.82. The average molecular weight is 285 g/mol. The minimum atomic E-state index is -0.342. The molecule has 1 N–H and O–H groups in total. The third-order valence-corrected chi connectivity index (χ3v) is 4.41. The van der Waals surface area contributed by atoms with Gasteiger partial charge in [-0.1, -0.05) is 17.7 Å². The molecule has 1 aromatic rings. The number of halogens is 2. The number of likely N-dealkylation sites (tertiary alicyclic amines) is 1. The summed E-state index contributed by atoms with van der Waals surface area (Å²) in [6.45, 7) is 5.47. The highest BCUT2D eigenvalue weighted by molar-refractivity contribution is 6.30. The maximum Gasteiger partial charge on any atom is 0.141 e. The Morgan fingerprint density at radius 1 is 1.42 bits per heavy atom. The summed E-state index contributed by atoms with van der Waals surface area (Å²) >= 11 is 5.86. The number of hydrogen-bond acceptors (Lipinski definition) is 2. The molecule has 1 heterocycles. The van der Waals surface area contributed by atoms with Crippen LogP contribution in [0.1, 0.15) is 31.4 Å². The standard InChI is InChI=1S/C15H22ClFN2/c1-11(13-3-4-15(17)14(16)9-13)19-7-5-12(6-8-19)10-18-2/h3-4,9,11-12,18H,5-8,10H2,1-2H3. The van der Waals surface area contributed by atoms with Crippen molar-refractivity contribution in [2.24, 2.45) is 5.92 Å². The van der Waals surface area contributed by atoms with Crippen LogP contribution in [0.15, 0.2) is 18.2 Å². The lowest BCUT2D eigenvalue weighted by Gasteiger charge is -2.36. The average Bonchev–Trinajstić information content (AvgIpc) is 2.42. The lowest BCUT2D eigenvalue weighted by molar-refractivity contribution is 0.141. The molecule has 1 fully saturated rings. The Balaban J connectivity index is 1.97. The summed E-state index contributed by atoms with van der Waals surface area (Å²) in [6, 6.07) is 5.35. The second-order valence-electron chi connectivity index (χ2n) is 5.39. The molecular weight excluding hydrogens is 263 g/mol. The van der Waals surface area contributed by atoms with Gasteiger partial charge in [-0.15, -0.1) is 0 Å². The number of hydrogen-bond donors (Lipinski definition) is 1. The lowest BCUT2D eigenvalue weighted by Crippen LogP contribution is -2.38. The molecule has 0 saturated carbocycles. The Labute approximate surface area is 119 Å². The fraction of sp³-hybridized carbons (Fsp3) is 0.600. The highest BCUT2D eigenvalue weighted by Gasteiger charge is 2.23. The van der Waals surface area contributed by atoms with E-state index in [9.17, 15) is 4.39 Å². The van der Waals surface area contributed by atoms with Crippen LogP contribution in [-0.2, 0) is 0 Å². The van der Waals surface area contributed by atoms with E-state index in [0.29, 0.717) is 6.04 Å². The molecule has 19 heavy (non-hydrogen) atoms. The first-order valence-corrected chi connectivity index (χ1v) is 7.33. The van der Waals surface area contributed by atoms with Gasteiger partial charge < -0.3 is 5.32 Å². The first kappa shape index (κ1) is 14.8. The molecular formula is C15H22ClFN2. The predicted molar refractivity (Wildman–Crippen MR) is 78.0 cm³/mol. The Bertz CT molecular complexity index is 417. The molecule has 0 aliphatic carbocycles. The zero-order valence-electron chi connectivity index (χ0n) is 11.6. The van der Waals surface area contributed by atoms with Crippen molar-refractivity contribution < 1.29 is 4.39 Å². The largest absolute Gasteiger partial charge is 0.319 e. The van der Waals surface area contributed by atoms with E-state index in [0.717, 1.165) is 31.1 Å². The number of piperidine rings is 1. The summed E-state index contributed by atoms with van der Waals surface area (Å²) < 4.78 is 13.2. The lowest BCUT2D eigenvalue weighted by atomic mass is 9.94. The van der Waals surface area contributed by atoms with Crippen molar-refractivity contribution in [3.63, 3.8) is 0 Å². The first-order valence-electron chi connectivity index (χ1n) is 6.95. The van der Waals surface area contributed by atoms with Crippen molar-refractivity contribution in [2.75, 3.05) is 26.7 Å². The fourth-order valence-corrected chi connectivity index (χ4v) is 3.01. The van der Waals surface area contributed by atoms with Crippen molar-refractivity contribution in [3.8, 4) is 0 Å². The maximum absolute atomic E-state index is 13.2. The van der Waals surface area contributed by atoms with E-state index in [4.69, 9.17) is 11.6 Å². The van der Waals surface area contributed by atoms with Crippen LogP contribution in [0.3, 0.4) is 0 Å². The second kappa shape index (κ2) is 6.69. The molecule has 0 bridgehead atoms. The van der Waals surface area contributed by atoms with Gasteiger partial charge in [0, 0.05) is 6.04 Å². The van der Waals surface area contributed by atoms with Crippen LogP contribution in [0.4, 0.5) is 4.39 Å². The van der Waals surface area contributed by atoms with E-state index < -0.39 is 0 Å². The Hall–Kier alpha value is -0.640. The Morgan fingerprint density at radius 2 is 2.11 bits per heavy atom. The topological polar surface area (TPSA) is 15.3 Å². The molecule has 0 radical (unpaired) electrons. The number of nitrogens with one attached hydrogen (secondary N) is 1. The van der Waals surface area contributed by atoms with Crippen LogP contribution < -0.4 is 5.32 Å². The molecule has 0 spiro atoms. The summed E-state index contributed by atoms with van der Waals surface area (Å²) in [5.74, 6) is 0.440. The number of rotatable bonds is 4. The summed E-state index contributed by atoms with van der Waals surface area (Å²) in [7, 11) is 2.01. The summed E-state index contributed by atoms with van der Waals surface area (Å²) in [5, 5.41) is 3.47. The van der Waals surface area contributed by atoms with Gasteiger partial charge in [0.15, 0.2) is 0 Å². The SMILES string of the molecule is CNCC1CCN(C(C)c2ccc(F)c(Cl)c2)CC1. The minimum absolute atomic E-state index is 0.217. The zero-order valence-corrected chi connectivity index (χ0v) is 12.4. The molecule has 0 aromatic heterocycles. The summed E-state index contributed by atoms with van der Waals surface area (Å²) in [6.07, 6.45) is 2.44. The third-order valence-electron chi connectivity index (χ3n) is 4.12. The van der Waals surface area contributed by atoms with Gasteiger partial charge in [-0.05, 0) is 70.1 Å². The zero-order chi connectivity index (χ0) is 13.8. The van der Waals surface area contributed by atoms with E-state index in [-0.39, 0.29) is 10.8 Å². The number of benzene rings is 1. The van der Waals surface area contributed by atoms with Crippen molar-refractivity contribution in [1.29, 1.82) is 0 Å². The normalized spacial score (nSPS) is 19.6. The molecule has 106 valence electrons. The quantitative estimate of drug-likeness (QED) is 0.911. The van der Waals surface area contributed by atoms with Crippen LogP contribution in [0.5, 0.6) is 0 Å². The van der Waals surface area contributed by atoms with Gasteiger partial charge in [0.2, 0.25) is 0 Å². The molecule has 2 rings (SSSR count). The van der Waals surface area contributed by atoms with Crippen LogP contribution in [0.2, 0.25) is 5.02 Å². The molecule has 1 aliphatic rings. The van der Waals surface area contributed by atoms with Gasteiger partial charge in [0.05, 0.1) is 5.02 Å². The van der Waals surface area contributed by atoms with Crippen molar-refractivity contribution in [3.05, 3.63) is 34.6 Å². The van der Waals surface area contributed by atoms with E-state index in [1.54, 1.807) is 6.07 Å². The molecule has 1 aromatic carbocycles. The molecule has 0 amide bonds. The van der Waals surface area contributed by atoms with Crippen molar-refractivity contribution in [1.82, 2.24) is 10.2 Å². The number of nitrogens with zero attached hydrogens (tertiary/aromatic N) is 1. The minimum Gasteiger partial charge on any atom is -0.319 e. The van der Waals surface area contributed by atoms with Crippen LogP contribution in [0, 0.1) is 11.7 Å². The van der Waals surface area contributed by atoms with Gasteiger partial charge in [0.25, 0.3) is 0 Å². The van der Waals surface area contributed by atoms with Gasteiger partial charge >= 0.3 is 0 Å². The van der Waals surface area contributed by atoms with Gasteiger partial charge in [0.1, 0.15) is 5.82 Å². The molecule has 4 heteroatoms. The van der Waals surface area contributed by atoms with E-state index >= 15 is 0 Å². The Morgan fingerprint density at radius 3 is 2.68 bits per heavy atom. The van der Waals surface area contributed by atoms with Crippen LogP contribution >= 0.6 is 11.6 Å². The summed E-state index contributed by atoms with van der Waals surface area (Å²) in [4.78, 5) is 2.45. The monoisotopic (exact) mass is 284 g/mol. The second-order valence-corrected chi connectivity index (χ2v) is 5.79. The maximum atomic E-state index is 13.2. The van der Waals surface area contributed by atoms with Crippen molar-refractivity contribution >= 4 is 11.6 Å². The van der Waals surface area contributed by atoms with Crippen LogP contribution in [0.25, 0.3) is 0 Å². The smallest absolute Gasteiger partial charge is 0.141 e. The first-order chi connectivity index (χ1) is 9.11. The van der Waals surface area contributed by atoms with E-state index in [1.165, 1.54) is 18.9 Å². The van der Waals surface area contributed by atoms with Gasteiger partial charge in [-0.25, -0.2) is 4.39 Å². The molecule has 1 atom stereocenters. The molecule has 1 aliphatic heterocycles. The van der Waals surface area contributed by atoms with E-state index in [1.807, 2.05) is 13.1 Å². The molecule has 1 unspecified atom stereocenters. The predicted octanol–water partition coefficient (Wildman–Crippen LogP) is 3.47.